The zero-order chi connectivity index (χ0) is 25.8. The summed E-state index contributed by atoms with van der Waals surface area (Å²) in [4.78, 5) is 35.2. The van der Waals surface area contributed by atoms with Crippen LogP contribution in [-0.2, 0) is 15.8 Å². The van der Waals surface area contributed by atoms with Crippen LogP contribution in [0.4, 0.5) is 26.3 Å². The molecule has 1 saturated carbocycles. The van der Waals surface area contributed by atoms with Crippen molar-refractivity contribution >= 4 is 11.8 Å². The minimum Gasteiger partial charge on any atom is -0.332 e. The van der Waals surface area contributed by atoms with Crippen LogP contribution in [0.3, 0.4) is 0 Å². The Hall–Kier alpha value is -2.70. The van der Waals surface area contributed by atoms with E-state index < -0.39 is 65.4 Å². The summed E-state index contributed by atoms with van der Waals surface area (Å²) < 4.78 is 81.7. The van der Waals surface area contributed by atoms with E-state index in [9.17, 15) is 35.9 Å². The van der Waals surface area contributed by atoms with Crippen molar-refractivity contribution in [2.75, 3.05) is 13.1 Å². The lowest BCUT2D eigenvalue weighted by molar-refractivity contribution is -0.257. The van der Waals surface area contributed by atoms with Crippen LogP contribution in [0.15, 0.2) is 24.7 Å². The highest BCUT2D eigenvalue weighted by Gasteiger charge is 2.70. The van der Waals surface area contributed by atoms with Gasteiger partial charge in [-0.1, -0.05) is 13.0 Å². The zero-order valence-corrected chi connectivity index (χ0v) is 19.0. The first-order chi connectivity index (χ1) is 16.3. The van der Waals surface area contributed by atoms with Gasteiger partial charge in [-0.2, -0.15) is 26.3 Å². The SMILES string of the molecule is C[C@@H]1C[C@H]([C@@]2(C(F)(F)F)CC=CNC2=O)C1C(=O)N1C[C@H](C)NCC1c1ncc(C(F)(F)F)cn1. The Kier molecular flexibility index (Phi) is 6.35. The minimum absolute atomic E-state index is 0.0419. The second kappa shape index (κ2) is 8.75. The topological polar surface area (TPSA) is 87.2 Å². The molecule has 4 rings (SSSR count). The largest absolute Gasteiger partial charge is 0.419 e. The second-order valence-electron chi connectivity index (χ2n) is 9.54. The molecular weight excluding hydrogens is 480 g/mol. The molecule has 2 unspecified atom stereocenters. The van der Waals surface area contributed by atoms with Crippen LogP contribution in [0, 0.1) is 23.2 Å². The number of amides is 2. The molecule has 0 bridgehead atoms. The maximum absolute atomic E-state index is 14.3. The zero-order valence-electron chi connectivity index (χ0n) is 19.0. The summed E-state index contributed by atoms with van der Waals surface area (Å²) in [6.07, 6.45) is -6.38. The smallest absolute Gasteiger partial charge is 0.332 e. The van der Waals surface area contributed by atoms with Crippen molar-refractivity contribution < 1.29 is 35.9 Å². The summed E-state index contributed by atoms with van der Waals surface area (Å²) in [6.45, 7) is 3.67. The number of alkyl halides is 6. The van der Waals surface area contributed by atoms with E-state index in [0.717, 1.165) is 0 Å². The Balaban J connectivity index is 1.66. The molecule has 6 atom stereocenters. The molecule has 35 heavy (non-hydrogen) atoms. The Morgan fingerprint density at radius 3 is 2.34 bits per heavy atom. The Bertz CT molecular complexity index is 1010. The van der Waals surface area contributed by atoms with Gasteiger partial charge in [-0.25, -0.2) is 9.97 Å². The van der Waals surface area contributed by atoms with Crippen molar-refractivity contribution in [2.45, 2.75) is 51.1 Å². The maximum atomic E-state index is 14.3. The summed E-state index contributed by atoms with van der Waals surface area (Å²) in [6, 6.07) is -1.08. The molecular formula is C22H25F6N5O2. The number of carbonyl (C=O) groups is 2. The summed E-state index contributed by atoms with van der Waals surface area (Å²) in [5.41, 5.74) is -3.78. The van der Waals surface area contributed by atoms with Crippen LogP contribution in [0.2, 0.25) is 0 Å². The molecule has 7 nitrogen and oxygen atoms in total. The van der Waals surface area contributed by atoms with Crippen LogP contribution in [0.25, 0.3) is 0 Å². The molecule has 0 spiro atoms. The van der Waals surface area contributed by atoms with Gasteiger partial charge in [0.1, 0.15) is 6.04 Å². The number of hydrogen-bond acceptors (Lipinski definition) is 5. The third-order valence-corrected chi connectivity index (χ3v) is 7.36. The molecule has 192 valence electrons. The molecule has 0 radical (unpaired) electrons. The van der Waals surface area contributed by atoms with Gasteiger partial charge < -0.3 is 15.5 Å². The molecule has 3 heterocycles. The van der Waals surface area contributed by atoms with Crippen LogP contribution < -0.4 is 10.6 Å². The minimum atomic E-state index is -4.88. The van der Waals surface area contributed by atoms with Crippen molar-refractivity contribution in [3.63, 3.8) is 0 Å². The van der Waals surface area contributed by atoms with Crippen molar-refractivity contribution in [3.05, 3.63) is 36.1 Å². The molecule has 2 aliphatic heterocycles. The third kappa shape index (κ3) is 4.27. The average molecular weight is 505 g/mol. The van der Waals surface area contributed by atoms with Gasteiger partial charge in [-0.15, -0.1) is 0 Å². The van der Waals surface area contributed by atoms with Gasteiger partial charge in [0.15, 0.2) is 11.2 Å². The van der Waals surface area contributed by atoms with Crippen LogP contribution in [-0.4, -0.2) is 52.0 Å². The number of piperazine rings is 1. The predicted molar refractivity (Wildman–Crippen MR) is 110 cm³/mol. The monoisotopic (exact) mass is 505 g/mol. The first-order valence-corrected chi connectivity index (χ1v) is 11.2. The van der Waals surface area contributed by atoms with Crippen LogP contribution >= 0.6 is 0 Å². The standard InChI is InChI=1S/C22H25F6N5O2/c1-11-6-14(20(22(26,27)28)4-3-5-29-19(20)35)16(11)18(34)33-10-12(2)30-9-15(33)17-31-7-13(8-32-17)21(23,24)25/h3,5,7-8,11-12,14-16,30H,4,6,9-10H2,1-2H3,(H,29,35)/t11-,12+,14+,15?,16?,20+/m1/s1. The highest BCUT2D eigenvalue weighted by atomic mass is 19.4. The number of allylic oxidation sites excluding steroid dienone is 1. The van der Waals surface area contributed by atoms with Gasteiger partial charge in [0.2, 0.25) is 11.8 Å². The quantitative estimate of drug-likeness (QED) is 0.617. The van der Waals surface area contributed by atoms with Gasteiger partial charge in [0.25, 0.3) is 0 Å². The number of aromatic nitrogens is 2. The highest BCUT2D eigenvalue weighted by molar-refractivity contribution is 5.88. The van der Waals surface area contributed by atoms with E-state index >= 15 is 0 Å². The molecule has 2 amide bonds. The molecule has 1 aliphatic carbocycles. The van der Waals surface area contributed by atoms with E-state index in [2.05, 4.69) is 20.6 Å². The van der Waals surface area contributed by atoms with Crippen LogP contribution in [0.5, 0.6) is 0 Å². The average Bonchev–Trinajstić information content (AvgIpc) is 2.76. The van der Waals surface area contributed by atoms with Crippen LogP contribution in [0.1, 0.15) is 44.1 Å². The number of nitrogens with one attached hydrogen (secondary N) is 2. The fourth-order valence-corrected chi connectivity index (χ4v) is 5.43. The van der Waals surface area contributed by atoms with Gasteiger partial charge in [0, 0.05) is 37.4 Å². The van der Waals surface area contributed by atoms with E-state index in [4.69, 9.17) is 0 Å². The van der Waals surface area contributed by atoms with E-state index in [-0.39, 0.29) is 31.4 Å². The van der Waals surface area contributed by atoms with Crippen molar-refractivity contribution in [3.8, 4) is 0 Å². The fraction of sp³-hybridized carbons (Fsp3) is 0.636. The Morgan fingerprint density at radius 1 is 1.14 bits per heavy atom. The molecule has 2 N–H and O–H groups in total. The molecule has 3 aliphatic rings. The van der Waals surface area contributed by atoms with E-state index in [0.29, 0.717) is 12.4 Å². The molecule has 0 aromatic carbocycles. The van der Waals surface area contributed by atoms with Crippen molar-refractivity contribution in [1.29, 1.82) is 0 Å². The molecule has 1 aromatic heterocycles. The fourth-order valence-electron chi connectivity index (χ4n) is 5.43. The number of hydrogen-bond donors (Lipinski definition) is 2. The van der Waals surface area contributed by atoms with E-state index in [1.165, 1.54) is 17.2 Å². The van der Waals surface area contributed by atoms with E-state index in [1.807, 2.05) is 0 Å². The van der Waals surface area contributed by atoms with Gasteiger partial charge in [-0.3, -0.25) is 9.59 Å². The summed E-state index contributed by atoms with van der Waals surface area (Å²) >= 11 is 0. The number of carbonyl (C=O) groups excluding carboxylic acids is 2. The Labute approximate surface area is 197 Å². The lowest BCUT2D eigenvalue weighted by Gasteiger charge is -2.54. The van der Waals surface area contributed by atoms with E-state index in [1.54, 1.807) is 13.8 Å². The number of halogens is 6. The predicted octanol–water partition coefficient (Wildman–Crippen LogP) is 3.21. The lowest BCUT2D eigenvalue weighted by atomic mass is 9.52. The van der Waals surface area contributed by atoms with Crippen molar-refractivity contribution in [2.24, 2.45) is 23.2 Å². The first kappa shape index (κ1) is 25.4. The van der Waals surface area contributed by atoms with Gasteiger partial charge >= 0.3 is 12.4 Å². The van der Waals surface area contributed by atoms with Gasteiger partial charge in [-0.05, 0) is 37.8 Å². The molecule has 13 heteroatoms. The molecule has 1 aromatic rings. The Morgan fingerprint density at radius 2 is 1.80 bits per heavy atom. The number of nitrogens with zero attached hydrogens (tertiary/aromatic N) is 3. The maximum Gasteiger partial charge on any atom is 0.419 e. The lowest BCUT2D eigenvalue weighted by Crippen LogP contribution is -2.65. The first-order valence-electron chi connectivity index (χ1n) is 11.2. The molecule has 1 saturated heterocycles. The summed E-state index contributed by atoms with van der Waals surface area (Å²) in [7, 11) is 0. The third-order valence-electron chi connectivity index (χ3n) is 7.36. The second-order valence-corrected chi connectivity index (χ2v) is 9.54. The summed E-state index contributed by atoms with van der Waals surface area (Å²) in [5, 5.41) is 5.27. The highest BCUT2D eigenvalue weighted by Crippen LogP contribution is 2.60. The van der Waals surface area contributed by atoms with Gasteiger partial charge in [0.05, 0.1) is 5.56 Å². The number of rotatable bonds is 3. The normalized spacial score (nSPS) is 33.8. The summed E-state index contributed by atoms with van der Waals surface area (Å²) in [5.74, 6) is -4.58. The van der Waals surface area contributed by atoms with Crippen molar-refractivity contribution in [1.82, 2.24) is 25.5 Å². The molecule has 2 fully saturated rings.